The van der Waals surface area contributed by atoms with Crippen molar-refractivity contribution in [1.29, 1.82) is 0 Å². The van der Waals surface area contributed by atoms with Crippen molar-refractivity contribution in [2.75, 3.05) is 0 Å². The summed E-state index contributed by atoms with van der Waals surface area (Å²) in [6.45, 7) is 12.3. The molecule has 31 heavy (non-hydrogen) atoms. The second-order valence-corrected chi connectivity index (χ2v) is 11.7. The lowest BCUT2D eigenvalue weighted by atomic mass is 9.67. The van der Waals surface area contributed by atoms with Crippen molar-refractivity contribution in [2.24, 2.45) is 11.3 Å². The summed E-state index contributed by atoms with van der Waals surface area (Å²) in [4.78, 5) is 23.6. The van der Waals surface area contributed by atoms with Gasteiger partial charge in [-0.25, -0.2) is 4.68 Å². The van der Waals surface area contributed by atoms with Gasteiger partial charge in [0.15, 0.2) is 0 Å². The van der Waals surface area contributed by atoms with E-state index in [9.17, 15) is 14.7 Å². The van der Waals surface area contributed by atoms with Crippen LogP contribution < -0.4 is 5.11 Å². The van der Waals surface area contributed by atoms with Gasteiger partial charge in [0.25, 0.3) is 0 Å². The van der Waals surface area contributed by atoms with Crippen LogP contribution in [0.4, 0.5) is 0 Å². The SMILES string of the molecule is CC(C)(C)CC1CC(c2nnn([C@@H](CCC(=O)[O-])CC(=O)OC(C)(C)C)c2C2CC2)C1. The maximum atomic E-state index is 12.5. The molecule has 2 fully saturated rings. The second kappa shape index (κ2) is 8.91. The zero-order valence-corrected chi connectivity index (χ0v) is 19.9. The van der Waals surface area contributed by atoms with Gasteiger partial charge in [-0.15, -0.1) is 5.10 Å². The van der Waals surface area contributed by atoms with Crippen LogP contribution in [-0.4, -0.2) is 32.5 Å². The van der Waals surface area contributed by atoms with E-state index < -0.39 is 11.6 Å². The summed E-state index contributed by atoms with van der Waals surface area (Å²) in [5.74, 6) is 0.0867. The fourth-order valence-corrected chi connectivity index (χ4v) is 4.79. The number of nitrogens with zero attached hydrogens (tertiary/aromatic N) is 3. The number of carbonyl (C=O) groups is 2. The largest absolute Gasteiger partial charge is 0.550 e. The lowest BCUT2D eigenvalue weighted by Crippen LogP contribution is -2.29. The van der Waals surface area contributed by atoms with E-state index in [0.717, 1.165) is 43.0 Å². The van der Waals surface area contributed by atoms with E-state index in [-0.39, 0.29) is 31.3 Å². The number of rotatable bonds is 9. The summed E-state index contributed by atoms with van der Waals surface area (Å²) in [7, 11) is 0. The summed E-state index contributed by atoms with van der Waals surface area (Å²) < 4.78 is 7.34. The van der Waals surface area contributed by atoms with Gasteiger partial charge < -0.3 is 14.6 Å². The first-order valence-electron chi connectivity index (χ1n) is 11.7. The third-order valence-electron chi connectivity index (χ3n) is 6.10. The Morgan fingerprint density at radius 1 is 1.13 bits per heavy atom. The summed E-state index contributed by atoms with van der Waals surface area (Å²) in [5, 5.41) is 20.1. The minimum atomic E-state index is -1.12. The molecule has 1 aromatic heterocycles. The predicted octanol–water partition coefficient (Wildman–Crippen LogP) is 3.89. The molecule has 1 atom stereocenters. The molecule has 2 saturated carbocycles. The first kappa shape index (κ1) is 23.7. The van der Waals surface area contributed by atoms with Crippen molar-refractivity contribution in [2.45, 2.75) is 116 Å². The van der Waals surface area contributed by atoms with E-state index in [2.05, 4.69) is 31.1 Å². The van der Waals surface area contributed by atoms with Crippen LogP contribution in [0.2, 0.25) is 0 Å². The number of hydrogen-bond acceptors (Lipinski definition) is 6. The average molecular weight is 433 g/mol. The topological polar surface area (TPSA) is 97.1 Å². The number of carbonyl (C=O) groups excluding carboxylic acids is 2. The number of hydrogen-bond donors (Lipinski definition) is 0. The van der Waals surface area contributed by atoms with Gasteiger partial charge in [-0.05, 0) is 77.0 Å². The van der Waals surface area contributed by atoms with Gasteiger partial charge in [0.1, 0.15) is 5.60 Å². The van der Waals surface area contributed by atoms with Gasteiger partial charge >= 0.3 is 5.97 Å². The number of esters is 1. The van der Waals surface area contributed by atoms with E-state index >= 15 is 0 Å². The highest BCUT2D eigenvalue weighted by Crippen LogP contribution is 2.51. The Balaban J connectivity index is 1.78. The number of aliphatic carboxylic acids is 1. The molecule has 174 valence electrons. The number of ether oxygens (including phenoxy) is 1. The van der Waals surface area contributed by atoms with E-state index in [0.29, 0.717) is 17.3 Å². The standard InChI is InChI=1S/C24H39N3O4/c1-23(2,3)14-15-11-17(12-15)21-22(16-7-8-16)27(26-25-21)18(9-10-19(28)29)13-20(30)31-24(4,5)6/h15-18H,7-14H2,1-6H3,(H,28,29)/p-1/t15?,17?,18-/m0/s1. The normalized spacial score (nSPS) is 22.6. The van der Waals surface area contributed by atoms with Crippen molar-refractivity contribution >= 4 is 11.9 Å². The third kappa shape index (κ3) is 6.78. The van der Waals surface area contributed by atoms with Crippen LogP contribution in [0, 0.1) is 11.3 Å². The monoisotopic (exact) mass is 432 g/mol. The van der Waals surface area contributed by atoms with Crippen molar-refractivity contribution in [3.63, 3.8) is 0 Å². The lowest BCUT2D eigenvalue weighted by Gasteiger charge is -2.38. The molecular weight excluding hydrogens is 394 g/mol. The second-order valence-electron chi connectivity index (χ2n) is 11.7. The first-order valence-corrected chi connectivity index (χ1v) is 11.7. The maximum absolute atomic E-state index is 12.5. The van der Waals surface area contributed by atoms with Crippen LogP contribution in [0.15, 0.2) is 0 Å². The highest BCUT2D eigenvalue weighted by atomic mass is 16.6. The van der Waals surface area contributed by atoms with Gasteiger partial charge in [0, 0.05) is 17.8 Å². The molecule has 1 heterocycles. The molecule has 2 aliphatic carbocycles. The minimum Gasteiger partial charge on any atom is -0.550 e. The van der Waals surface area contributed by atoms with E-state index in [1.807, 2.05) is 25.5 Å². The van der Waals surface area contributed by atoms with E-state index in [4.69, 9.17) is 4.74 Å². The lowest BCUT2D eigenvalue weighted by molar-refractivity contribution is -0.306. The van der Waals surface area contributed by atoms with Gasteiger partial charge in [-0.3, -0.25) is 4.79 Å². The molecule has 1 aromatic rings. The molecule has 0 N–H and O–H groups in total. The molecule has 0 aromatic carbocycles. The summed E-state index contributed by atoms with van der Waals surface area (Å²) >= 11 is 0. The molecule has 0 amide bonds. The Morgan fingerprint density at radius 2 is 1.77 bits per heavy atom. The predicted molar refractivity (Wildman–Crippen MR) is 115 cm³/mol. The maximum Gasteiger partial charge on any atom is 0.308 e. The van der Waals surface area contributed by atoms with Gasteiger partial charge in [-0.1, -0.05) is 26.0 Å². The fourth-order valence-electron chi connectivity index (χ4n) is 4.79. The molecular formula is C24H38N3O4-. The van der Waals surface area contributed by atoms with Crippen LogP contribution in [0.3, 0.4) is 0 Å². The Labute approximate surface area is 185 Å². The first-order chi connectivity index (χ1) is 14.3. The van der Waals surface area contributed by atoms with Crippen LogP contribution in [0.25, 0.3) is 0 Å². The summed E-state index contributed by atoms with van der Waals surface area (Å²) in [5.41, 5.74) is 1.92. The zero-order valence-electron chi connectivity index (χ0n) is 19.9. The van der Waals surface area contributed by atoms with Crippen molar-refractivity contribution in [3.8, 4) is 0 Å². The van der Waals surface area contributed by atoms with Gasteiger partial charge in [0.2, 0.25) is 0 Å². The van der Waals surface area contributed by atoms with E-state index in [1.165, 1.54) is 6.42 Å². The molecule has 0 unspecified atom stereocenters. The highest BCUT2D eigenvalue weighted by Gasteiger charge is 2.41. The van der Waals surface area contributed by atoms with Crippen LogP contribution in [0.5, 0.6) is 0 Å². The molecule has 2 aliphatic rings. The van der Waals surface area contributed by atoms with Gasteiger partial charge in [-0.2, -0.15) is 0 Å². The Morgan fingerprint density at radius 3 is 2.29 bits per heavy atom. The Bertz CT molecular complexity index is 793. The molecule has 3 rings (SSSR count). The average Bonchev–Trinajstić information content (AvgIpc) is 3.31. The van der Waals surface area contributed by atoms with Gasteiger partial charge in [0.05, 0.1) is 23.9 Å². The third-order valence-corrected chi connectivity index (χ3v) is 6.10. The van der Waals surface area contributed by atoms with Crippen molar-refractivity contribution in [3.05, 3.63) is 11.4 Å². The number of aromatic nitrogens is 3. The number of carboxylic acid groups (broad SMARTS) is 1. The number of carboxylic acids is 1. The molecule has 0 bridgehead atoms. The van der Waals surface area contributed by atoms with E-state index in [1.54, 1.807) is 0 Å². The minimum absolute atomic E-state index is 0.0877. The molecule has 7 heteroatoms. The van der Waals surface area contributed by atoms with Crippen molar-refractivity contribution in [1.82, 2.24) is 15.0 Å². The highest BCUT2D eigenvalue weighted by molar-refractivity contribution is 5.70. The molecule has 0 aliphatic heterocycles. The molecule has 7 nitrogen and oxygen atoms in total. The van der Waals surface area contributed by atoms with Crippen LogP contribution in [0.1, 0.15) is 122 Å². The Hall–Kier alpha value is -1.92. The summed E-state index contributed by atoms with van der Waals surface area (Å²) in [6, 6.07) is -0.380. The molecule has 0 radical (unpaired) electrons. The van der Waals surface area contributed by atoms with Crippen LogP contribution in [-0.2, 0) is 14.3 Å². The Kier molecular flexibility index (Phi) is 6.82. The molecule has 0 spiro atoms. The smallest absolute Gasteiger partial charge is 0.308 e. The fraction of sp³-hybridized carbons (Fsp3) is 0.833. The van der Waals surface area contributed by atoms with Crippen LogP contribution >= 0.6 is 0 Å². The quantitative estimate of drug-likeness (QED) is 0.549. The molecule has 0 saturated heterocycles. The summed E-state index contributed by atoms with van der Waals surface area (Å²) in [6.07, 6.45) is 5.91. The van der Waals surface area contributed by atoms with Crippen molar-refractivity contribution < 1.29 is 19.4 Å². The zero-order chi connectivity index (χ0) is 23.0.